The first-order valence-electron chi connectivity index (χ1n) is 5.83. The highest BCUT2D eigenvalue weighted by molar-refractivity contribution is 5.79. The number of carbonyl (C=O) groups is 1. The van der Waals surface area contributed by atoms with Gasteiger partial charge in [0.1, 0.15) is 0 Å². The second kappa shape index (κ2) is 6.80. The van der Waals surface area contributed by atoms with Crippen molar-refractivity contribution in [3.05, 3.63) is 0 Å². The molecule has 1 amide bonds. The topological polar surface area (TPSA) is 61.4 Å². The molecular weight excluding hydrogens is 192 g/mol. The second-order valence-corrected chi connectivity index (χ2v) is 4.41. The van der Waals surface area contributed by atoms with Crippen molar-refractivity contribution in [2.75, 3.05) is 26.2 Å². The number of aliphatic hydroxyl groups is 1. The Balaban J connectivity index is 2.01. The van der Waals surface area contributed by atoms with Crippen LogP contribution in [0.3, 0.4) is 0 Å². The van der Waals surface area contributed by atoms with Crippen molar-refractivity contribution < 1.29 is 9.90 Å². The van der Waals surface area contributed by atoms with Crippen LogP contribution < -0.4 is 10.6 Å². The van der Waals surface area contributed by atoms with Gasteiger partial charge in [-0.15, -0.1) is 0 Å². The van der Waals surface area contributed by atoms with E-state index < -0.39 is 0 Å². The van der Waals surface area contributed by atoms with Crippen LogP contribution in [-0.4, -0.2) is 37.3 Å². The average molecular weight is 214 g/mol. The van der Waals surface area contributed by atoms with E-state index in [1.165, 1.54) is 0 Å². The molecule has 0 spiro atoms. The van der Waals surface area contributed by atoms with E-state index in [9.17, 15) is 4.79 Å². The van der Waals surface area contributed by atoms with Crippen LogP contribution in [0, 0.1) is 11.8 Å². The van der Waals surface area contributed by atoms with E-state index >= 15 is 0 Å². The van der Waals surface area contributed by atoms with Gasteiger partial charge in [0.05, 0.1) is 5.92 Å². The summed E-state index contributed by atoms with van der Waals surface area (Å²) in [5, 5.41) is 14.9. The molecule has 15 heavy (non-hydrogen) atoms. The van der Waals surface area contributed by atoms with Gasteiger partial charge >= 0.3 is 0 Å². The van der Waals surface area contributed by atoms with Crippen molar-refractivity contribution in [3.8, 4) is 0 Å². The Hall–Kier alpha value is -0.610. The van der Waals surface area contributed by atoms with Crippen LogP contribution in [0.2, 0.25) is 0 Å². The lowest BCUT2D eigenvalue weighted by atomic mass is 10.1. The standard InChI is InChI=1S/C11H22N2O2/c1-9(8-14)3-2-5-13-11(15)10-4-6-12-7-10/h9-10,12,14H,2-8H2,1H3,(H,13,15). The summed E-state index contributed by atoms with van der Waals surface area (Å²) >= 11 is 0. The maximum atomic E-state index is 11.6. The zero-order valence-corrected chi connectivity index (χ0v) is 9.46. The zero-order chi connectivity index (χ0) is 11.1. The summed E-state index contributed by atoms with van der Waals surface area (Å²) in [5.74, 6) is 0.687. The average Bonchev–Trinajstić information content (AvgIpc) is 2.77. The molecule has 1 aliphatic heterocycles. The normalized spacial score (nSPS) is 22.7. The van der Waals surface area contributed by atoms with Gasteiger partial charge in [0.25, 0.3) is 0 Å². The number of hydrogen-bond acceptors (Lipinski definition) is 3. The Labute approximate surface area is 91.4 Å². The summed E-state index contributed by atoms with van der Waals surface area (Å²) in [6.07, 6.45) is 2.88. The van der Waals surface area contributed by atoms with Crippen LogP contribution in [0.1, 0.15) is 26.2 Å². The molecule has 1 aliphatic rings. The summed E-state index contributed by atoms with van der Waals surface area (Å²) in [6, 6.07) is 0. The van der Waals surface area contributed by atoms with Gasteiger partial charge in [0.2, 0.25) is 5.91 Å². The number of amides is 1. The summed E-state index contributed by atoms with van der Waals surface area (Å²) in [4.78, 5) is 11.6. The van der Waals surface area contributed by atoms with E-state index in [-0.39, 0.29) is 18.4 Å². The van der Waals surface area contributed by atoms with Crippen molar-refractivity contribution >= 4 is 5.91 Å². The largest absolute Gasteiger partial charge is 0.396 e. The Kier molecular flexibility index (Phi) is 5.65. The predicted molar refractivity (Wildman–Crippen MR) is 59.5 cm³/mol. The molecule has 88 valence electrons. The number of hydrogen-bond donors (Lipinski definition) is 3. The minimum atomic E-state index is 0.167. The smallest absolute Gasteiger partial charge is 0.224 e. The summed E-state index contributed by atoms with van der Waals surface area (Å²) in [6.45, 7) is 4.77. The number of nitrogens with one attached hydrogen (secondary N) is 2. The van der Waals surface area contributed by atoms with E-state index in [0.717, 1.165) is 38.9 Å². The molecule has 0 bridgehead atoms. The molecule has 0 saturated carbocycles. The van der Waals surface area contributed by atoms with Crippen molar-refractivity contribution in [2.45, 2.75) is 26.2 Å². The van der Waals surface area contributed by atoms with E-state index in [0.29, 0.717) is 5.92 Å². The number of carbonyl (C=O) groups excluding carboxylic acids is 1. The summed E-state index contributed by atoms with van der Waals surface area (Å²) < 4.78 is 0. The van der Waals surface area contributed by atoms with E-state index in [1.54, 1.807) is 0 Å². The second-order valence-electron chi connectivity index (χ2n) is 4.41. The molecule has 1 rings (SSSR count). The van der Waals surface area contributed by atoms with Gasteiger partial charge in [-0.2, -0.15) is 0 Å². The molecule has 0 aromatic rings. The van der Waals surface area contributed by atoms with Gasteiger partial charge in [-0.3, -0.25) is 4.79 Å². The highest BCUT2D eigenvalue weighted by atomic mass is 16.3. The van der Waals surface area contributed by atoms with Crippen LogP contribution >= 0.6 is 0 Å². The van der Waals surface area contributed by atoms with Gasteiger partial charge in [0.15, 0.2) is 0 Å². The first-order chi connectivity index (χ1) is 7.24. The molecule has 0 radical (unpaired) electrons. The van der Waals surface area contributed by atoms with Crippen LogP contribution in [0.5, 0.6) is 0 Å². The molecule has 1 saturated heterocycles. The molecule has 1 heterocycles. The maximum Gasteiger partial charge on any atom is 0.224 e. The molecule has 2 unspecified atom stereocenters. The van der Waals surface area contributed by atoms with Crippen molar-refractivity contribution in [3.63, 3.8) is 0 Å². The maximum absolute atomic E-state index is 11.6. The minimum Gasteiger partial charge on any atom is -0.396 e. The van der Waals surface area contributed by atoms with Crippen molar-refractivity contribution in [1.82, 2.24) is 10.6 Å². The third-order valence-electron chi connectivity index (χ3n) is 2.92. The van der Waals surface area contributed by atoms with Gasteiger partial charge < -0.3 is 15.7 Å². The van der Waals surface area contributed by atoms with Gasteiger partial charge in [-0.1, -0.05) is 6.92 Å². The Morgan fingerprint density at radius 3 is 3.07 bits per heavy atom. The minimum absolute atomic E-state index is 0.167. The Bertz CT molecular complexity index is 191. The number of aliphatic hydroxyl groups excluding tert-OH is 1. The molecule has 0 aromatic heterocycles. The highest BCUT2D eigenvalue weighted by Crippen LogP contribution is 2.07. The monoisotopic (exact) mass is 214 g/mol. The van der Waals surface area contributed by atoms with Crippen LogP contribution in [-0.2, 0) is 4.79 Å². The molecule has 0 aliphatic carbocycles. The molecule has 4 heteroatoms. The lowest BCUT2D eigenvalue weighted by Crippen LogP contribution is -2.32. The molecule has 3 N–H and O–H groups in total. The number of rotatable bonds is 6. The zero-order valence-electron chi connectivity index (χ0n) is 9.46. The summed E-state index contributed by atoms with van der Waals surface area (Å²) in [5.41, 5.74) is 0. The van der Waals surface area contributed by atoms with Gasteiger partial charge in [-0.05, 0) is 31.7 Å². The molecule has 0 aromatic carbocycles. The Morgan fingerprint density at radius 2 is 2.47 bits per heavy atom. The molecule has 4 nitrogen and oxygen atoms in total. The predicted octanol–water partition coefficient (Wildman–Crippen LogP) is 0.121. The van der Waals surface area contributed by atoms with Gasteiger partial charge in [-0.25, -0.2) is 0 Å². The molecule has 2 atom stereocenters. The fourth-order valence-electron chi connectivity index (χ4n) is 1.78. The summed E-state index contributed by atoms with van der Waals surface area (Å²) in [7, 11) is 0. The molecule has 1 fully saturated rings. The fourth-order valence-corrected chi connectivity index (χ4v) is 1.78. The third kappa shape index (κ3) is 4.62. The van der Waals surface area contributed by atoms with E-state index in [4.69, 9.17) is 5.11 Å². The van der Waals surface area contributed by atoms with Crippen LogP contribution in [0.15, 0.2) is 0 Å². The Morgan fingerprint density at radius 1 is 1.67 bits per heavy atom. The SMILES string of the molecule is CC(CO)CCCNC(=O)C1CCNC1. The van der Waals surface area contributed by atoms with Crippen molar-refractivity contribution in [2.24, 2.45) is 11.8 Å². The van der Waals surface area contributed by atoms with Crippen LogP contribution in [0.4, 0.5) is 0 Å². The van der Waals surface area contributed by atoms with E-state index in [1.807, 2.05) is 6.92 Å². The highest BCUT2D eigenvalue weighted by Gasteiger charge is 2.21. The van der Waals surface area contributed by atoms with Crippen LogP contribution in [0.25, 0.3) is 0 Å². The fraction of sp³-hybridized carbons (Fsp3) is 0.909. The third-order valence-corrected chi connectivity index (χ3v) is 2.92. The van der Waals surface area contributed by atoms with Gasteiger partial charge in [0, 0.05) is 19.7 Å². The van der Waals surface area contributed by atoms with Crippen molar-refractivity contribution in [1.29, 1.82) is 0 Å². The first kappa shape index (κ1) is 12.5. The lowest BCUT2D eigenvalue weighted by Gasteiger charge is -2.11. The lowest BCUT2D eigenvalue weighted by molar-refractivity contribution is -0.124. The quantitative estimate of drug-likeness (QED) is 0.550. The molecular formula is C11H22N2O2. The van der Waals surface area contributed by atoms with E-state index in [2.05, 4.69) is 10.6 Å². The first-order valence-corrected chi connectivity index (χ1v) is 5.83.